The number of alkyl carbamates (subject to hydrolysis) is 1. The number of ether oxygens (including phenoxy) is 1. The molecule has 0 unspecified atom stereocenters. The summed E-state index contributed by atoms with van der Waals surface area (Å²) in [7, 11) is 2.01. The molecule has 0 atom stereocenters. The fraction of sp³-hybridized carbons (Fsp3) is 0.667. The van der Waals surface area contributed by atoms with Gasteiger partial charge in [-0.1, -0.05) is 0 Å². The van der Waals surface area contributed by atoms with Crippen LogP contribution in [-0.2, 0) is 18.3 Å². The number of nitrogens with zero attached hydrogens (tertiary/aromatic N) is 1. The molecular formula is C15H27N3O2. The Morgan fingerprint density at radius 2 is 1.95 bits per heavy atom. The van der Waals surface area contributed by atoms with Crippen molar-refractivity contribution in [3.63, 3.8) is 0 Å². The van der Waals surface area contributed by atoms with E-state index in [4.69, 9.17) is 4.74 Å². The minimum absolute atomic E-state index is 0.368. The molecule has 0 bridgehead atoms. The van der Waals surface area contributed by atoms with Crippen LogP contribution in [-0.4, -0.2) is 28.3 Å². The van der Waals surface area contributed by atoms with Gasteiger partial charge >= 0.3 is 6.09 Å². The van der Waals surface area contributed by atoms with E-state index in [-0.39, 0.29) is 11.6 Å². The summed E-state index contributed by atoms with van der Waals surface area (Å²) in [5.41, 5.74) is 0.363. The summed E-state index contributed by atoms with van der Waals surface area (Å²) < 4.78 is 7.33. The van der Waals surface area contributed by atoms with Crippen molar-refractivity contribution in [1.29, 1.82) is 0 Å². The number of rotatable bonds is 5. The molecule has 114 valence electrons. The van der Waals surface area contributed by atoms with E-state index in [1.165, 1.54) is 5.69 Å². The zero-order valence-electron chi connectivity index (χ0n) is 13.4. The van der Waals surface area contributed by atoms with Crippen LogP contribution in [0.25, 0.3) is 0 Å². The van der Waals surface area contributed by atoms with Crippen LogP contribution >= 0.6 is 0 Å². The molecule has 0 radical (unpaired) electrons. The lowest BCUT2D eigenvalue weighted by Crippen LogP contribution is -2.51. The Balaban J connectivity index is 2.38. The zero-order valence-corrected chi connectivity index (χ0v) is 13.4. The molecule has 1 amide bonds. The first-order valence-corrected chi connectivity index (χ1v) is 6.91. The third-order valence-electron chi connectivity index (χ3n) is 2.76. The van der Waals surface area contributed by atoms with Crippen LogP contribution in [0.5, 0.6) is 0 Å². The normalized spacial score (nSPS) is 12.3. The highest BCUT2D eigenvalue weighted by Crippen LogP contribution is 2.09. The molecule has 0 aliphatic rings. The van der Waals surface area contributed by atoms with Gasteiger partial charge in [0.2, 0.25) is 0 Å². The third kappa shape index (κ3) is 6.10. The predicted molar refractivity (Wildman–Crippen MR) is 80.6 cm³/mol. The Bertz CT molecular complexity index is 444. The molecule has 1 heterocycles. The number of nitrogens with one attached hydrogen (secondary N) is 2. The molecule has 0 saturated carbocycles. The molecule has 0 aliphatic carbocycles. The highest BCUT2D eigenvalue weighted by molar-refractivity contribution is 5.68. The average molecular weight is 281 g/mol. The number of hydrogen-bond acceptors (Lipinski definition) is 3. The maximum absolute atomic E-state index is 11.8. The van der Waals surface area contributed by atoms with Crippen LogP contribution in [0.15, 0.2) is 18.3 Å². The summed E-state index contributed by atoms with van der Waals surface area (Å²) in [5.74, 6) is 0. The Morgan fingerprint density at radius 1 is 1.30 bits per heavy atom. The van der Waals surface area contributed by atoms with Gasteiger partial charge in [0.25, 0.3) is 0 Å². The topological polar surface area (TPSA) is 55.3 Å². The molecular weight excluding hydrogens is 254 g/mol. The van der Waals surface area contributed by atoms with Gasteiger partial charge in [-0.15, -0.1) is 0 Å². The molecule has 0 spiro atoms. The van der Waals surface area contributed by atoms with Crippen LogP contribution in [0, 0.1) is 0 Å². The van der Waals surface area contributed by atoms with Gasteiger partial charge in [-0.25, -0.2) is 4.79 Å². The molecule has 1 aromatic rings. The van der Waals surface area contributed by atoms with E-state index < -0.39 is 5.60 Å². The number of aromatic nitrogens is 1. The van der Waals surface area contributed by atoms with Crippen molar-refractivity contribution >= 4 is 6.09 Å². The highest BCUT2D eigenvalue weighted by Gasteiger charge is 2.24. The molecule has 1 rings (SSSR count). The van der Waals surface area contributed by atoms with Gasteiger partial charge < -0.3 is 19.9 Å². The Labute approximate surface area is 121 Å². The van der Waals surface area contributed by atoms with Gasteiger partial charge in [0.15, 0.2) is 0 Å². The number of carbonyl (C=O) groups is 1. The summed E-state index contributed by atoms with van der Waals surface area (Å²) in [4.78, 5) is 11.8. The van der Waals surface area contributed by atoms with Crippen molar-refractivity contribution in [1.82, 2.24) is 15.2 Å². The van der Waals surface area contributed by atoms with Crippen molar-refractivity contribution in [3.8, 4) is 0 Å². The molecule has 2 N–H and O–H groups in total. The summed E-state index contributed by atoms with van der Waals surface area (Å²) in [6.07, 6.45) is 1.63. The number of amides is 1. The first kappa shape index (κ1) is 16.6. The molecule has 0 aromatic carbocycles. The van der Waals surface area contributed by atoms with Gasteiger partial charge in [-0.05, 0) is 46.8 Å². The van der Waals surface area contributed by atoms with Gasteiger partial charge in [0.1, 0.15) is 5.60 Å². The highest BCUT2D eigenvalue weighted by atomic mass is 16.6. The molecule has 1 aromatic heterocycles. The minimum atomic E-state index is -0.476. The molecule has 20 heavy (non-hydrogen) atoms. The fourth-order valence-corrected chi connectivity index (χ4v) is 1.81. The molecule has 5 heteroatoms. The first-order valence-electron chi connectivity index (χ1n) is 6.91. The first-order chi connectivity index (χ1) is 9.09. The summed E-state index contributed by atoms with van der Waals surface area (Å²) in [5, 5.41) is 6.22. The van der Waals surface area contributed by atoms with Gasteiger partial charge in [0.05, 0.1) is 5.54 Å². The second-order valence-electron chi connectivity index (χ2n) is 6.72. The van der Waals surface area contributed by atoms with E-state index in [0.717, 1.165) is 6.54 Å². The van der Waals surface area contributed by atoms with E-state index in [0.29, 0.717) is 6.54 Å². The second kappa shape index (κ2) is 6.31. The monoisotopic (exact) mass is 281 g/mol. The molecule has 0 fully saturated rings. The van der Waals surface area contributed by atoms with Crippen molar-refractivity contribution < 1.29 is 9.53 Å². The third-order valence-corrected chi connectivity index (χ3v) is 2.76. The van der Waals surface area contributed by atoms with Crippen molar-refractivity contribution in [2.75, 3.05) is 6.54 Å². The van der Waals surface area contributed by atoms with Crippen LogP contribution in [0.1, 0.15) is 40.3 Å². The maximum atomic E-state index is 11.8. The van der Waals surface area contributed by atoms with Gasteiger partial charge in [-0.3, -0.25) is 0 Å². The van der Waals surface area contributed by atoms with Crippen LogP contribution in [0.3, 0.4) is 0 Å². The van der Waals surface area contributed by atoms with Crippen LogP contribution in [0.2, 0.25) is 0 Å². The smallest absolute Gasteiger partial charge is 0.408 e. The van der Waals surface area contributed by atoms with Crippen molar-refractivity contribution in [2.45, 2.75) is 52.3 Å². The predicted octanol–water partition coefficient (Wildman–Crippen LogP) is 2.42. The Hall–Kier alpha value is -1.49. The van der Waals surface area contributed by atoms with Crippen LogP contribution in [0.4, 0.5) is 4.79 Å². The molecule has 5 nitrogen and oxygen atoms in total. The van der Waals surface area contributed by atoms with E-state index in [9.17, 15) is 4.79 Å². The van der Waals surface area contributed by atoms with Gasteiger partial charge in [-0.2, -0.15) is 0 Å². The minimum Gasteiger partial charge on any atom is -0.444 e. The molecule has 0 saturated heterocycles. The fourth-order valence-electron chi connectivity index (χ4n) is 1.81. The number of hydrogen-bond donors (Lipinski definition) is 2. The maximum Gasteiger partial charge on any atom is 0.408 e. The van der Waals surface area contributed by atoms with Crippen molar-refractivity contribution in [2.24, 2.45) is 7.05 Å². The van der Waals surface area contributed by atoms with E-state index in [1.807, 2.05) is 53.9 Å². The van der Waals surface area contributed by atoms with Crippen LogP contribution < -0.4 is 10.6 Å². The lowest BCUT2D eigenvalue weighted by molar-refractivity contribution is 0.0472. The van der Waals surface area contributed by atoms with E-state index in [1.54, 1.807) is 0 Å². The van der Waals surface area contributed by atoms with E-state index in [2.05, 4.69) is 21.3 Å². The summed E-state index contributed by atoms with van der Waals surface area (Å²) in [6, 6.07) is 4.09. The standard InChI is InChI=1S/C15H27N3O2/c1-14(2,3)20-13(19)17-15(4,5)11-16-10-12-8-7-9-18(12)6/h7-9,16H,10-11H2,1-6H3,(H,17,19). The largest absolute Gasteiger partial charge is 0.444 e. The molecule has 0 aliphatic heterocycles. The number of carbonyl (C=O) groups excluding carboxylic acids is 1. The SMILES string of the molecule is Cn1cccc1CNCC(C)(C)NC(=O)OC(C)(C)C. The Kier molecular flexibility index (Phi) is 5.22. The summed E-state index contributed by atoms with van der Waals surface area (Å²) >= 11 is 0. The quantitative estimate of drug-likeness (QED) is 0.871. The van der Waals surface area contributed by atoms with E-state index >= 15 is 0 Å². The lowest BCUT2D eigenvalue weighted by Gasteiger charge is -2.29. The second-order valence-corrected chi connectivity index (χ2v) is 6.72. The lowest BCUT2D eigenvalue weighted by atomic mass is 10.1. The zero-order chi connectivity index (χ0) is 15.4. The average Bonchev–Trinajstić information content (AvgIpc) is 2.60. The Morgan fingerprint density at radius 3 is 2.45 bits per heavy atom. The number of aryl methyl sites for hydroxylation is 1. The van der Waals surface area contributed by atoms with Gasteiger partial charge in [0, 0.05) is 32.0 Å². The van der Waals surface area contributed by atoms with Crippen molar-refractivity contribution in [3.05, 3.63) is 24.0 Å². The summed E-state index contributed by atoms with van der Waals surface area (Å²) in [6.45, 7) is 10.9.